The minimum atomic E-state index is -0.328. The first-order valence-electron chi connectivity index (χ1n) is 7.58. The van der Waals surface area contributed by atoms with E-state index in [1.54, 1.807) is 12.1 Å². The molecule has 0 bridgehead atoms. The van der Waals surface area contributed by atoms with Gasteiger partial charge in [0, 0.05) is 12.0 Å². The fourth-order valence-corrected chi connectivity index (χ4v) is 3.25. The van der Waals surface area contributed by atoms with E-state index in [1.165, 1.54) is 18.4 Å². The van der Waals surface area contributed by atoms with Gasteiger partial charge in [-0.3, -0.25) is 10.1 Å². The summed E-state index contributed by atoms with van der Waals surface area (Å²) in [6, 6.07) is 3.13. The number of hydrogen-bond donors (Lipinski definition) is 1. The number of nitrogens with one attached hydrogen (secondary N) is 1. The molecule has 6 nitrogen and oxygen atoms in total. The van der Waals surface area contributed by atoms with Crippen LogP contribution in [-0.2, 0) is 6.42 Å². The van der Waals surface area contributed by atoms with Gasteiger partial charge in [0.05, 0.1) is 18.7 Å². The molecule has 0 spiro atoms. The molecule has 0 atom stereocenters. The molecule has 1 heterocycles. The van der Waals surface area contributed by atoms with Crippen molar-refractivity contribution < 1.29 is 14.3 Å². The van der Waals surface area contributed by atoms with Gasteiger partial charge in [-0.1, -0.05) is 36.8 Å². The zero-order valence-corrected chi connectivity index (χ0v) is 15.6. The minimum absolute atomic E-state index is 0.319. The summed E-state index contributed by atoms with van der Waals surface area (Å²) < 4.78 is 10.7. The molecule has 0 fully saturated rings. The monoisotopic (exact) mass is 369 g/mol. The number of rotatable bonds is 7. The van der Waals surface area contributed by atoms with Gasteiger partial charge in [-0.15, -0.1) is 10.2 Å². The van der Waals surface area contributed by atoms with Gasteiger partial charge in [0.2, 0.25) is 5.13 Å². The molecule has 0 aliphatic rings. The van der Waals surface area contributed by atoms with E-state index in [9.17, 15) is 4.79 Å². The second kappa shape index (κ2) is 8.30. The van der Waals surface area contributed by atoms with Crippen molar-refractivity contribution in [1.29, 1.82) is 0 Å². The van der Waals surface area contributed by atoms with Crippen LogP contribution < -0.4 is 14.8 Å². The Balaban J connectivity index is 2.17. The van der Waals surface area contributed by atoms with Crippen molar-refractivity contribution in [3.05, 3.63) is 27.7 Å². The Hall–Kier alpha value is -1.86. The van der Waals surface area contributed by atoms with Crippen LogP contribution >= 0.6 is 22.9 Å². The Bertz CT molecular complexity index is 719. The summed E-state index contributed by atoms with van der Waals surface area (Å²) in [5, 5.41) is 12.5. The number of hydrogen-bond acceptors (Lipinski definition) is 6. The molecule has 1 aromatic carbocycles. The van der Waals surface area contributed by atoms with E-state index in [-0.39, 0.29) is 5.91 Å². The van der Waals surface area contributed by atoms with E-state index in [0.717, 1.165) is 11.4 Å². The highest BCUT2D eigenvalue weighted by Crippen LogP contribution is 2.36. The Kier molecular flexibility index (Phi) is 6.39. The fraction of sp³-hybridized carbons (Fsp3) is 0.438. The smallest absolute Gasteiger partial charge is 0.257 e. The molecule has 1 amide bonds. The average molecular weight is 370 g/mol. The van der Waals surface area contributed by atoms with E-state index in [2.05, 4.69) is 29.4 Å². The minimum Gasteiger partial charge on any atom is -0.493 e. The molecular weight excluding hydrogens is 350 g/mol. The average Bonchev–Trinajstić information content (AvgIpc) is 2.95. The van der Waals surface area contributed by atoms with Crippen LogP contribution in [0.25, 0.3) is 0 Å². The highest BCUT2D eigenvalue weighted by atomic mass is 35.5. The van der Waals surface area contributed by atoms with Crippen molar-refractivity contribution in [3.8, 4) is 11.5 Å². The van der Waals surface area contributed by atoms with Gasteiger partial charge in [0.25, 0.3) is 5.91 Å². The predicted molar refractivity (Wildman–Crippen MR) is 95.6 cm³/mol. The number of aromatic nitrogens is 2. The van der Waals surface area contributed by atoms with Crippen LogP contribution in [0.2, 0.25) is 5.02 Å². The van der Waals surface area contributed by atoms with Crippen LogP contribution in [0.5, 0.6) is 11.5 Å². The van der Waals surface area contributed by atoms with Gasteiger partial charge < -0.3 is 9.47 Å². The summed E-state index contributed by atoms with van der Waals surface area (Å²) in [4.78, 5) is 12.4. The second-order valence-electron chi connectivity index (χ2n) is 5.48. The molecule has 1 aromatic heterocycles. The van der Waals surface area contributed by atoms with Crippen LogP contribution in [0.1, 0.15) is 36.1 Å². The number of carbonyl (C=O) groups is 1. The Morgan fingerprint density at radius 2 is 2.12 bits per heavy atom. The fourth-order valence-electron chi connectivity index (χ4n) is 2.04. The number of nitrogens with zero attached hydrogens (tertiary/aromatic N) is 2. The second-order valence-corrected chi connectivity index (χ2v) is 6.94. The highest BCUT2D eigenvalue weighted by molar-refractivity contribution is 7.15. The summed E-state index contributed by atoms with van der Waals surface area (Å²) in [5.41, 5.74) is 0.362. The molecule has 0 radical (unpaired) electrons. The maximum Gasteiger partial charge on any atom is 0.257 e. The van der Waals surface area contributed by atoms with Crippen molar-refractivity contribution in [2.45, 2.75) is 27.2 Å². The van der Waals surface area contributed by atoms with Gasteiger partial charge in [-0.05, 0) is 25.0 Å². The summed E-state index contributed by atoms with van der Waals surface area (Å²) in [7, 11) is 1.50. The van der Waals surface area contributed by atoms with Gasteiger partial charge in [0.15, 0.2) is 11.5 Å². The third-order valence-corrected chi connectivity index (χ3v) is 4.19. The van der Waals surface area contributed by atoms with Gasteiger partial charge in [0.1, 0.15) is 5.01 Å². The van der Waals surface area contributed by atoms with Crippen LogP contribution in [0.4, 0.5) is 5.13 Å². The highest BCUT2D eigenvalue weighted by Gasteiger charge is 2.17. The number of ether oxygens (including phenoxy) is 2. The van der Waals surface area contributed by atoms with E-state index in [0.29, 0.717) is 39.7 Å². The zero-order chi connectivity index (χ0) is 17.7. The lowest BCUT2D eigenvalue weighted by molar-refractivity contribution is 0.102. The lowest BCUT2D eigenvalue weighted by Crippen LogP contribution is -2.12. The van der Waals surface area contributed by atoms with Gasteiger partial charge >= 0.3 is 0 Å². The molecule has 0 saturated heterocycles. The van der Waals surface area contributed by atoms with Crippen molar-refractivity contribution >= 4 is 34.0 Å². The number of halogens is 1. The SMILES string of the molecule is CCOc1c(Cl)cc(C(=O)Nc2nnc(CC(C)C)s2)cc1OC. The largest absolute Gasteiger partial charge is 0.493 e. The molecule has 1 N–H and O–H groups in total. The number of methoxy groups -OCH3 is 1. The van der Waals surface area contributed by atoms with E-state index < -0.39 is 0 Å². The van der Waals surface area contributed by atoms with Gasteiger partial charge in [-0.2, -0.15) is 0 Å². The first-order chi connectivity index (χ1) is 11.4. The standard InChI is InChI=1S/C16H20ClN3O3S/c1-5-23-14-11(17)7-10(8-12(14)22-4)15(21)18-16-20-19-13(24-16)6-9(2)3/h7-9H,5-6H2,1-4H3,(H,18,20,21). The van der Waals surface area contributed by atoms with Crippen molar-refractivity contribution in [3.63, 3.8) is 0 Å². The molecule has 8 heteroatoms. The van der Waals surface area contributed by atoms with Crippen LogP contribution in [0.15, 0.2) is 12.1 Å². The molecule has 130 valence electrons. The van der Waals surface area contributed by atoms with Crippen LogP contribution in [-0.4, -0.2) is 29.8 Å². The number of benzene rings is 1. The molecule has 2 rings (SSSR count). The van der Waals surface area contributed by atoms with Crippen molar-refractivity contribution in [2.24, 2.45) is 5.92 Å². The predicted octanol–water partition coefficient (Wildman–Crippen LogP) is 4.05. The lowest BCUT2D eigenvalue weighted by atomic mass is 10.1. The van der Waals surface area contributed by atoms with Crippen LogP contribution in [0, 0.1) is 5.92 Å². The normalized spacial score (nSPS) is 10.8. The topological polar surface area (TPSA) is 73.3 Å². The summed E-state index contributed by atoms with van der Waals surface area (Å²) in [6.07, 6.45) is 0.830. The molecule has 0 aliphatic heterocycles. The summed E-state index contributed by atoms with van der Waals surface area (Å²) >= 11 is 7.56. The molecule has 0 saturated carbocycles. The Morgan fingerprint density at radius 1 is 1.38 bits per heavy atom. The number of anilines is 1. The number of amides is 1. The quantitative estimate of drug-likeness (QED) is 0.797. The van der Waals surface area contributed by atoms with E-state index in [1.807, 2.05) is 6.92 Å². The molecule has 24 heavy (non-hydrogen) atoms. The van der Waals surface area contributed by atoms with E-state index in [4.69, 9.17) is 21.1 Å². The van der Waals surface area contributed by atoms with Crippen molar-refractivity contribution in [1.82, 2.24) is 10.2 Å². The lowest BCUT2D eigenvalue weighted by Gasteiger charge is -2.12. The maximum absolute atomic E-state index is 12.4. The van der Waals surface area contributed by atoms with Gasteiger partial charge in [-0.25, -0.2) is 0 Å². The zero-order valence-electron chi connectivity index (χ0n) is 14.1. The summed E-state index contributed by atoms with van der Waals surface area (Å²) in [6.45, 7) is 6.51. The Morgan fingerprint density at radius 3 is 2.75 bits per heavy atom. The third kappa shape index (κ3) is 4.58. The first kappa shape index (κ1) is 18.5. The first-order valence-corrected chi connectivity index (χ1v) is 8.78. The summed E-state index contributed by atoms with van der Waals surface area (Å²) in [5.74, 6) is 0.988. The number of carbonyl (C=O) groups excluding carboxylic acids is 1. The molecule has 2 aromatic rings. The molecular formula is C16H20ClN3O3S. The molecule has 0 aliphatic carbocycles. The molecule has 0 unspecified atom stereocenters. The maximum atomic E-state index is 12.4. The van der Waals surface area contributed by atoms with Crippen molar-refractivity contribution in [2.75, 3.05) is 19.0 Å². The van der Waals surface area contributed by atoms with E-state index >= 15 is 0 Å². The third-order valence-electron chi connectivity index (χ3n) is 3.05. The Labute approximate surface area is 150 Å². The van der Waals surface area contributed by atoms with Crippen LogP contribution in [0.3, 0.4) is 0 Å².